The van der Waals surface area contributed by atoms with Crippen molar-refractivity contribution in [2.45, 2.75) is 11.8 Å². The molecule has 2 aromatic rings. The maximum absolute atomic E-state index is 12.3. The van der Waals surface area contributed by atoms with E-state index >= 15 is 0 Å². The Hall–Kier alpha value is -3.24. The Bertz CT molecular complexity index is 1020. The van der Waals surface area contributed by atoms with Crippen molar-refractivity contribution < 1.29 is 27.5 Å². The molecule has 0 aromatic heterocycles. The van der Waals surface area contributed by atoms with Gasteiger partial charge in [0, 0.05) is 19.7 Å². The highest BCUT2D eigenvalue weighted by atomic mass is 32.2. The minimum Gasteiger partial charge on any atom is -0.452 e. The molecule has 0 saturated carbocycles. The number of sulfonamides is 1. The summed E-state index contributed by atoms with van der Waals surface area (Å²) in [5.74, 6) is -2.14. The van der Waals surface area contributed by atoms with Crippen LogP contribution in [-0.2, 0) is 19.6 Å². The van der Waals surface area contributed by atoms with Crippen molar-refractivity contribution in [2.75, 3.05) is 20.7 Å². The third kappa shape index (κ3) is 5.62. The Labute approximate surface area is 168 Å². The van der Waals surface area contributed by atoms with Gasteiger partial charge in [-0.1, -0.05) is 24.3 Å². The second-order valence-electron chi connectivity index (χ2n) is 6.21. The van der Waals surface area contributed by atoms with E-state index in [4.69, 9.17) is 4.74 Å². The fourth-order valence-electron chi connectivity index (χ4n) is 2.23. The SMILES string of the molecule is Cc1ccc(S(=O)(=O)N(C)C)cc1C(=O)OCC(=O)NNC(=O)c1ccccc1. The molecule has 0 heterocycles. The third-order valence-electron chi connectivity index (χ3n) is 3.89. The molecule has 0 radical (unpaired) electrons. The first-order valence-corrected chi connectivity index (χ1v) is 9.91. The number of hydrogen-bond donors (Lipinski definition) is 2. The van der Waals surface area contributed by atoms with Crippen molar-refractivity contribution in [1.29, 1.82) is 0 Å². The predicted molar refractivity (Wildman–Crippen MR) is 104 cm³/mol. The zero-order valence-corrected chi connectivity index (χ0v) is 16.9. The zero-order chi connectivity index (χ0) is 21.6. The van der Waals surface area contributed by atoms with Crippen molar-refractivity contribution in [3.63, 3.8) is 0 Å². The number of rotatable bonds is 6. The number of hydrazine groups is 1. The number of ether oxygens (including phenoxy) is 1. The molecular weight excluding hydrogens is 398 g/mol. The highest BCUT2D eigenvalue weighted by Crippen LogP contribution is 2.18. The fourth-order valence-corrected chi connectivity index (χ4v) is 3.15. The number of aryl methyl sites for hydroxylation is 1. The molecule has 2 amide bonds. The van der Waals surface area contributed by atoms with Gasteiger partial charge in [-0.3, -0.25) is 20.4 Å². The third-order valence-corrected chi connectivity index (χ3v) is 5.70. The predicted octanol–water partition coefficient (Wildman–Crippen LogP) is 0.863. The first-order valence-electron chi connectivity index (χ1n) is 8.47. The van der Waals surface area contributed by atoms with Gasteiger partial charge in [-0.15, -0.1) is 0 Å². The number of carbonyl (C=O) groups is 3. The van der Waals surface area contributed by atoms with E-state index in [0.29, 0.717) is 11.1 Å². The number of carbonyl (C=O) groups excluding carboxylic acids is 3. The number of esters is 1. The molecular formula is C19H21N3O6S. The van der Waals surface area contributed by atoms with E-state index in [1.165, 1.54) is 32.3 Å². The van der Waals surface area contributed by atoms with Crippen molar-refractivity contribution in [2.24, 2.45) is 0 Å². The quantitative estimate of drug-likeness (QED) is 0.529. The Morgan fingerprint density at radius 1 is 1.00 bits per heavy atom. The Morgan fingerprint density at radius 2 is 1.66 bits per heavy atom. The second-order valence-corrected chi connectivity index (χ2v) is 8.36. The van der Waals surface area contributed by atoms with E-state index in [-0.39, 0.29) is 10.5 Å². The van der Waals surface area contributed by atoms with Crippen molar-refractivity contribution in [1.82, 2.24) is 15.2 Å². The molecule has 0 atom stereocenters. The molecule has 154 valence electrons. The smallest absolute Gasteiger partial charge is 0.338 e. The van der Waals surface area contributed by atoms with Crippen LogP contribution in [-0.4, -0.2) is 51.2 Å². The van der Waals surface area contributed by atoms with Crippen LogP contribution in [0, 0.1) is 6.92 Å². The summed E-state index contributed by atoms with van der Waals surface area (Å²) in [5, 5.41) is 0. The number of amides is 2. The van der Waals surface area contributed by atoms with E-state index < -0.39 is 34.4 Å². The number of hydrogen-bond acceptors (Lipinski definition) is 6. The molecule has 2 rings (SSSR count). The molecule has 0 aliphatic rings. The molecule has 9 nitrogen and oxygen atoms in total. The van der Waals surface area contributed by atoms with Crippen molar-refractivity contribution in [3.05, 3.63) is 65.2 Å². The maximum Gasteiger partial charge on any atom is 0.338 e. The van der Waals surface area contributed by atoms with Crippen LogP contribution in [0.15, 0.2) is 53.4 Å². The van der Waals surface area contributed by atoms with Crippen LogP contribution in [0.4, 0.5) is 0 Å². The molecule has 0 unspecified atom stereocenters. The average Bonchev–Trinajstić information content (AvgIpc) is 2.70. The van der Waals surface area contributed by atoms with Gasteiger partial charge in [-0.05, 0) is 36.8 Å². The fraction of sp³-hybridized carbons (Fsp3) is 0.211. The van der Waals surface area contributed by atoms with Crippen LogP contribution in [0.2, 0.25) is 0 Å². The average molecular weight is 419 g/mol. The molecule has 0 aliphatic carbocycles. The Balaban J connectivity index is 1.97. The summed E-state index contributed by atoms with van der Waals surface area (Å²) in [5.41, 5.74) is 5.20. The largest absolute Gasteiger partial charge is 0.452 e. The van der Waals surface area contributed by atoms with E-state index in [9.17, 15) is 22.8 Å². The van der Waals surface area contributed by atoms with Gasteiger partial charge in [0.15, 0.2) is 6.61 Å². The minimum atomic E-state index is -3.73. The van der Waals surface area contributed by atoms with Crippen LogP contribution in [0.1, 0.15) is 26.3 Å². The number of nitrogens with one attached hydrogen (secondary N) is 2. The highest BCUT2D eigenvalue weighted by molar-refractivity contribution is 7.89. The van der Waals surface area contributed by atoms with E-state index in [1.807, 2.05) is 0 Å². The van der Waals surface area contributed by atoms with Crippen molar-refractivity contribution in [3.8, 4) is 0 Å². The topological polar surface area (TPSA) is 122 Å². The molecule has 2 aromatic carbocycles. The van der Waals surface area contributed by atoms with Crippen LogP contribution >= 0.6 is 0 Å². The summed E-state index contributed by atoms with van der Waals surface area (Å²) in [6.45, 7) is 0.959. The number of nitrogens with zero attached hydrogens (tertiary/aromatic N) is 1. The standard InChI is InChI=1S/C19H21N3O6S/c1-13-9-10-15(29(26,27)22(2)3)11-16(13)19(25)28-12-17(23)20-21-18(24)14-7-5-4-6-8-14/h4-11H,12H2,1-3H3,(H,20,23)(H,21,24). The monoisotopic (exact) mass is 419 g/mol. The van der Waals surface area contributed by atoms with Gasteiger partial charge < -0.3 is 4.74 Å². The van der Waals surface area contributed by atoms with E-state index in [2.05, 4.69) is 10.9 Å². The van der Waals surface area contributed by atoms with Gasteiger partial charge in [-0.25, -0.2) is 17.5 Å². The zero-order valence-electron chi connectivity index (χ0n) is 16.1. The van der Waals surface area contributed by atoms with Gasteiger partial charge in [-0.2, -0.15) is 0 Å². The van der Waals surface area contributed by atoms with Crippen LogP contribution in [0.25, 0.3) is 0 Å². The molecule has 10 heteroatoms. The van der Waals surface area contributed by atoms with Gasteiger partial charge in [0.1, 0.15) is 0 Å². The first-order chi connectivity index (χ1) is 13.6. The summed E-state index contributed by atoms with van der Waals surface area (Å²) >= 11 is 0. The Morgan fingerprint density at radius 3 is 2.28 bits per heavy atom. The molecule has 2 N–H and O–H groups in total. The van der Waals surface area contributed by atoms with Gasteiger partial charge in [0.25, 0.3) is 11.8 Å². The van der Waals surface area contributed by atoms with Gasteiger partial charge >= 0.3 is 5.97 Å². The first kappa shape index (κ1) is 22.1. The molecule has 0 aliphatic heterocycles. The summed E-state index contributed by atoms with van der Waals surface area (Å²) in [6.07, 6.45) is 0. The lowest BCUT2D eigenvalue weighted by molar-refractivity contribution is -0.125. The highest BCUT2D eigenvalue weighted by Gasteiger charge is 2.21. The number of benzene rings is 2. The van der Waals surface area contributed by atoms with Crippen LogP contribution < -0.4 is 10.9 Å². The lowest BCUT2D eigenvalue weighted by atomic mass is 10.1. The van der Waals surface area contributed by atoms with E-state index in [0.717, 1.165) is 4.31 Å². The summed E-state index contributed by atoms with van der Waals surface area (Å²) in [6, 6.07) is 12.3. The maximum atomic E-state index is 12.3. The molecule has 29 heavy (non-hydrogen) atoms. The normalized spacial score (nSPS) is 11.0. The summed E-state index contributed by atoms with van der Waals surface area (Å²) < 4.78 is 30.4. The van der Waals surface area contributed by atoms with Gasteiger partial charge in [0.05, 0.1) is 10.5 Å². The lowest BCUT2D eigenvalue weighted by Gasteiger charge is -2.13. The summed E-state index contributed by atoms with van der Waals surface area (Å²) in [4.78, 5) is 35.9. The van der Waals surface area contributed by atoms with Gasteiger partial charge in [0.2, 0.25) is 10.0 Å². The minimum absolute atomic E-state index is 0.0223. The second kappa shape index (κ2) is 9.30. The molecule has 0 fully saturated rings. The van der Waals surface area contributed by atoms with E-state index in [1.54, 1.807) is 37.3 Å². The molecule has 0 saturated heterocycles. The van der Waals surface area contributed by atoms with Crippen LogP contribution in [0.3, 0.4) is 0 Å². The lowest BCUT2D eigenvalue weighted by Crippen LogP contribution is -2.43. The summed E-state index contributed by atoms with van der Waals surface area (Å²) in [7, 11) is -0.974. The molecule has 0 spiro atoms. The van der Waals surface area contributed by atoms with Crippen LogP contribution in [0.5, 0.6) is 0 Å². The molecule has 0 bridgehead atoms. The Kier molecular flexibility index (Phi) is 7.08. The van der Waals surface area contributed by atoms with Crippen molar-refractivity contribution >= 4 is 27.8 Å².